The molecule has 1 aliphatic rings. The summed E-state index contributed by atoms with van der Waals surface area (Å²) in [6.07, 6.45) is 9.17. The standard InChI is InChI=1S/C13H19N7O/c21-13(3-6-19-10-15-9-17-19)18-11-7-16-20(8-11)12-1-4-14-5-2-12/h7-10,12,14H,1-6H2,(H,18,21). The lowest BCUT2D eigenvalue weighted by atomic mass is 10.1. The van der Waals surface area contributed by atoms with Crippen molar-refractivity contribution in [3.63, 3.8) is 0 Å². The molecule has 2 aromatic rings. The van der Waals surface area contributed by atoms with E-state index in [0.29, 0.717) is 19.0 Å². The lowest BCUT2D eigenvalue weighted by Crippen LogP contribution is -2.29. The summed E-state index contributed by atoms with van der Waals surface area (Å²) in [6, 6.07) is 0.423. The Morgan fingerprint density at radius 2 is 2.24 bits per heavy atom. The van der Waals surface area contributed by atoms with Gasteiger partial charge in [-0.05, 0) is 25.9 Å². The number of aryl methyl sites for hydroxylation is 1. The van der Waals surface area contributed by atoms with Crippen LogP contribution in [0.4, 0.5) is 5.69 Å². The van der Waals surface area contributed by atoms with Crippen molar-refractivity contribution in [1.29, 1.82) is 0 Å². The normalized spacial score (nSPS) is 16.0. The molecule has 0 atom stereocenters. The van der Waals surface area contributed by atoms with Crippen LogP contribution in [0.1, 0.15) is 25.3 Å². The van der Waals surface area contributed by atoms with E-state index < -0.39 is 0 Å². The van der Waals surface area contributed by atoms with E-state index in [2.05, 4.69) is 25.8 Å². The molecule has 8 heteroatoms. The zero-order chi connectivity index (χ0) is 14.5. The molecule has 3 heterocycles. The van der Waals surface area contributed by atoms with Crippen molar-refractivity contribution in [2.75, 3.05) is 18.4 Å². The molecule has 0 bridgehead atoms. The number of hydrogen-bond acceptors (Lipinski definition) is 5. The van der Waals surface area contributed by atoms with Gasteiger partial charge in [0.05, 0.1) is 24.5 Å². The lowest BCUT2D eigenvalue weighted by Gasteiger charge is -2.22. The van der Waals surface area contributed by atoms with Crippen LogP contribution in [0.15, 0.2) is 25.0 Å². The van der Waals surface area contributed by atoms with Crippen LogP contribution in [0, 0.1) is 0 Å². The van der Waals surface area contributed by atoms with E-state index in [0.717, 1.165) is 31.6 Å². The van der Waals surface area contributed by atoms with E-state index in [-0.39, 0.29) is 5.91 Å². The maximum atomic E-state index is 11.9. The van der Waals surface area contributed by atoms with Gasteiger partial charge in [-0.1, -0.05) is 0 Å². The fourth-order valence-corrected chi connectivity index (χ4v) is 2.46. The van der Waals surface area contributed by atoms with Crippen molar-refractivity contribution in [2.45, 2.75) is 31.8 Å². The van der Waals surface area contributed by atoms with E-state index in [1.54, 1.807) is 17.2 Å². The van der Waals surface area contributed by atoms with Gasteiger partial charge in [-0.15, -0.1) is 0 Å². The van der Waals surface area contributed by atoms with Gasteiger partial charge in [-0.2, -0.15) is 10.2 Å². The van der Waals surface area contributed by atoms with Gasteiger partial charge in [0, 0.05) is 12.6 Å². The Morgan fingerprint density at radius 3 is 3.00 bits per heavy atom. The minimum absolute atomic E-state index is 0.0460. The van der Waals surface area contributed by atoms with Crippen LogP contribution in [-0.4, -0.2) is 43.5 Å². The first kappa shape index (κ1) is 13.7. The summed E-state index contributed by atoms with van der Waals surface area (Å²) in [5.41, 5.74) is 0.747. The van der Waals surface area contributed by atoms with Crippen LogP contribution >= 0.6 is 0 Å². The summed E-state index contributed by atoms with van der Waals surface area (Å²) in [5.74, 6) is -0.0460. The Hall–Kier alpha value is -2.22. The third-order valence-electron chi connectivity index (χ3n) is 3.60. The molecule has 0 aromatic carbocycles. The predicted octanol–water partition coefficient (Wildman–Crippen LogP) is 0.428. The Balaban J connectivity index is 1.50. The van der Waals surface area contributed by atoms with Gasteiger partial charge in [0.15, 0.2) is 0 Å². The SMILES string of the molecule is O=C(CCn1cncn1)Nc1cnn(C2CCNCC2)c1. The molecular formula is C13H19N7O. The molecule has 2 N–H and O–H groups in total. The molecule has 112 valence electrons. The number of nitrogens with zero attached hydrogens (tertiary/aromatic N) is 5. The number of anilines is 1. The summed E-state index contributed by atoms with van der Waals surface area (Å²) >= 11 is 0. The number of piperidine rings is 1. The van der Waals surface area contributed by atoms with E-state index in [9.17, 15) is 4.79 Å². The topological polar surface area (TPSA) is 89.7 Å². The molecule has 0 unspecified atom stereocenters. The van der Waals surface area contributed by atoms with Crippen molar-refractivity contribution in [3.05, 3.63) is 25.0 Å². The molecule has 1 amide bonds. The third-order valence-corrected chi connectivity index (χ3v) is 3.60. The van der Waals surface area contributed by atoms with Gasteiger partial charge in [0.2, 0.25) is 5.91 Å². The number of amides is 1. The fourth-order valence-electron chi connectivity index (χ4n) is 2.46. The van der Waals surface area contributed by atoms with Crippen molar-refractivity contribution in [1.82, 2.24) is 29.9 Å². The van der Waals surface area contributed by atoms with Crippen molar-refractivity contribution in [2.24, 2.45) is 0 Å². The Kier molecular flexibility index (Phi) is 4.25. The summed E-state index contributed by atoms with van der Waals surface area (Å²) < 4.78 is 3.59. The second-order valence-electron chi connectivity index (χ2n) is 5.15. The van der Waals surface area contributed by atoms with Gasteiger partial charge in [-0.3, -0.25) is 14.2 Å². The highest BCUT2D eigenvalue weighted by Crippen LogP contribution is 2.19. The molecule has 1 saturated heterocycles. The molecule has 0 radical (unpaired) electrons. The Morgan fingerprint density at radius 1 is 1.38 bits per heavy atom. The molecule has 3 rings (SSSR count). The summed E-state index contributed by atoms with van der Waals surface area (Å²) in [5, 5.41) is 14.5. The highest BCUT2D eigenvalue weighted by molar-refractivity contribution is 5.90. The van der Waals surface area contributed by atoms with E-state index in [1.165, 1.54) is 6.33 Å². The number of carbonyl (C=O) groups excluding carboxylic acids is 1. The van der Waals surface area contributed by atoms with Gasteiger partial charge in [0.1, 0.15) is 12.7 Å². The molecule has 0 saturated carbocycles. The van der Waals surface area contributed by atoms with Crippen LogP contribution in [0.2, 0.25) is 0 Å². The highest BCUT2D eigenvalue weighted by Gasteiger charge is 2.16. The monoisotopic (exact) mass is 289 g/mol. The van der Waals surface area contributed by atoms with E-state index in [1.807, 2.05) is 10.9 Å². The Bertz CT molecular complexity index is 571. The van der Waals surface area contributed by atoms with Crippen molar-refractivity contribution in [3.8, 4) is 0 Å². The third kappa shape index (κ3) is 3.66. The molecule has 0 aliphatic carbocycles. The maximum Gasteiger partial charge on any atom is 0.226 e. The zero-order valence-electron chi connectivity index (χ0n) is 11.8. The summed E-state index contributed by atoms with van der Waals surface area (Å²) in [4.78, 5) is 15.7. The van der Waals surface area contributed by atoms with Crippen LogP contribution in [0.5, 0.6) is 0 Å². The summed E-state index contributed by atoms with van der Waals surface area (Å²) in [7, 11) is 0. The number of carbonyl (C=O) groups is 1. The average molecular weight is 289 g/mol. The van der Waals surface area contributed by atoms with Gasteiger partial charge < -0.3 is 10.6 Å². The molecule has 8 nitrogen and oxygen atoms in total. The minimum atomic E-state index is -0.0460. The number of aromatic nitrogens is 5. The van der Waals surface area contributed by atoms with E-state index in [4.69, 9.17) is 0 Å². The van der Waals surface area contributed by atoms with Crippen molar-refractivity contribution < 1.29 is 4.79 Å². The number of rotatable bonds is 5. The highest BCUT2D eigenvalue weighted by atomic mass is 16.1. The van der Waals surface area contributed by atoms with Crippen LogP contribution in [0.3, 0.4) is 0 Å². The Labute approximate surface area is 122 Å². The largest absolute Gasteiger partial charge is 0.323 e. The minimum Gasteiger partial charge on any atom is -0.323 e. The predicted molar refractivity (Wildman–Crippen MR) is 76.6 cm³/mol. The second kappa shape index (κ2) is 6.49. The smallest absolute Gasteiger partial charge is 0.226 e. The number of hydrogen-bond donors (Lipinski definition) is 2. The first-order valence-corrected chi connectivity index (χ1v) is 7.18. The van der Waals surface area contributed by atoms with E-state index >= 15 is 0 Å². The average Bonchev–Trinajstić information content (AvgIpc) is 3.17. The molecule has 21 heavy (non-hydrogen) atoms. The fraction of sp³-hybridized carbons (Fsp3) is 0.538. The number of nitrogens with one attached hydrogen (secondary N) is 2. The first-order valence-electron chi connectivity index (χ1n) is 7.18. The lowest BCUT2D eigenvalue weighted by molar-refractivity contribution is -0.116. The van der Waals surface area contributed by atoms with Gasteiger partial charge >= 0.3 is 0 Å². The van der Waals surface area contributed by atoms with Crippen LogP contribution in [0.25, 0.3) is 0 Å². The molecule has 1 aliphatic heterocycles. The summed E-state index contributed by atoms with van der Waals surface area (Å²) in [6.45, 7) is 2.56. The first-order chi connectivity index (χ1) is 10.3. The second-order valence-corrected chi connectivity index (χ2v) is 5.15. The van der Waals surface area contributed by atoms with Gasteiger partial charge in [-0.25, -0.2) is 4.98 Å². The molecular weight excluding hydrogens is 270 g/mol. The molecule has 0 spiro atoms. The van der Waals surface area contributed by atoms with Crippen LogP contribution in [-0.2, 0) is 11.3 Å². The maximum absolute atomic E-state index is 11.9. The van der Waals surface area contributed by atoms with Gasteiger partial charge in [0.25, 0.3) is 0 Å². The molecule has 2 aromatic heterocycles. The quantitative estimate of drug-likeness (QED) is 0.833. The molecule has 1 fully saturated rings. The van der Waals surface area contributed by atoms with Crippen molar-refractivity contribution >= 4 is 11.6 Å². The zero-order valence-corrected chi connectivity index (χ0v) is 11.8. The van der Waals surface area contributed by atoms with Crippen LogP contribution < -0.4 is 10.6 Å².